The van der Waals surface area contributed by atoms with E-state index in [1.54, 1.807) is 0 Å². The van der Waals surface area contributed by atoms with Gasteiger partial charge in [0, 0.05) is 0 Å². The molecule has 1 fully saturated rings. The highest BCUT2D eigenvalue weighted by Crippen LogP contribution is 2.44. The van der Waals surface area contributed by atoms with E-state index in [0.717, 1.165) is 18.4 Å². The highest BCUT2D eigenvalue weighted by atomic mass is 14.6. The summed E-state index contributed by atoms with van der Waals surface area (Å²) in [4.78, 5) is 0. The maximum atomic E-state index is 6.13. The van der Waals surface area contributed by atoms with E-state index in [9.17, 15) is 0 Å². The summed E-state index contributed by atoms with van der Waals surface area (Å²) >= 11 is 0. The summed E-state index contributed by atoms with van der Waals surface area (Å²) in [7, 11) is 0. The van der Waals surface area contributed by atoms with Gasteiger partial charge in [-0.05, 0) is 55.9 Å². The van der Waals surface area contributed by atoms with E-state index < -0.39 is 0 Å². The summed E-state index contributed by atoms with van der Waals surface area (Å²) in [6.45, 7) is 7.94. The van der Waals surface area contributed by atoms with Gasteiger partial charge in [0.25, 0.3) is 0 Å². The summed E-state index contributed by atoms with van der Waals surface area (Å²) < 4.78 is 0. The molecule has 1 aliphatic carbocycles. The van der Waals surface area contributed by atoms with Crippen molar-refractivity contribution < 1.29 is 0 Å². The van der Waals surface area contributed by atoms with Gasteiger partial charge in [-0.25, -0.2) is 0 Å². The highest BCUT2D eigenvalue weighted by molar-refractivity contribution is 4.87. The van der Waals surface area contributed by atoms with Crippen LogP contribution in [0.4, 0.5) is 0 Å². The molecule has 2 N–H and O–H groups in total. The van der Waals surface area contributed by atoms with Crippen molar-refractivity contribution in [3.8, 4) is 0 Å². The minimum absolute atomic E-state index is 0.497. The normalized spacial score (nSPS) is 30.3. The van der Waals surface area contributed by atoms with Crippen LogP contribution in [0.2, 0.25) is 0 Å². The highest BCUT2D eigenvalue weighted by Gasteiger charge is 2.34. The lowest BCUT2D eigenvalue weighted by atomic mass is 9.65. The van der Waals surface area contributed by atoms with Crippen molar-refractivity contribution in [2.24, 2.45) is 23.0 Å². The second kappa shape index (κ2) is 8.19. The second-order valence-electron chi connectivity index (χ2n) is 6.89. The molecule has 1 atom stereocenters. The van der Waals surface area contributed by atoms with Crippen LogP contribution in [-0.4, -0.2) is 6.54 Å². The number of nitrogens with two attached hydrogens (primary N) is 1. The summed E-state index contributed by atoms with van der Waals surface area (Å²) in [6, 6.07) is 0. The van der Waals surface area contributed by atoms with E-state index in [2.05, 4.69) is 20.8 Å². The quantitative estimate of drug-likeness (QED) is 0.637. The van der Waals surface area contributed by atoms with E-state index >= 15 is 0 Å². The van der Waals surface area contributed by atoms with Gasteiger partial charge >= 0.3 is 0 Å². The van der Waals surface area contributed by atoms with Crippen molar-refractivity contribution in [3.05, 3.63) is 0 Å². The van der Waals surface area contributed by atoms with E-state index in [1.807, 2.05) is 0 Å². The Kier molecular flexibility index (Phi) is 7.29. The fourth-order valence-electron chi connectivity index (χ4n) is 3.90. The summed E-state index contributed by atoms with van der Waals surface area (Å²) in [5.74, 6) is 1.87. The maximum Gasteiger partial charge on any atom is -0.00204 e. The van der Waals surface area contributed by atoms with Crippen molar-refractivity contribution in [1.29, 1.82) is 0 Å². The molecule has 0 spiro atoms. The fourth-order valence-corrected chi connectivity index (χ4v) is 3.90. The zero-order valence-corrected chi connectivity index (χ0v) is 13.0. The summed E-state index contributed by atoms with van der Waals surface area (Å²) in [5.41, 5.74) is 6.63. The molecule has 0 amide bonds. The minimum atomic E-state index is 0.497. The molecule has 0 aromatic heterocycles. The van der Waals surface area contributed by atoms with Crippen molar-refractivity contribution in [2.45, 2.75) is 85.0 Å². The topological polar surface area (TPSA) is 26.0 Å². The summed E-state index contributed by atoms with van der Waals surface area (Å²) in [6.07, 6.45) is 14.0. The lowest BCUT2D eigenvalue weighted by Crippen LogP contribution is -2.36. The van der Waals surface area contributed by atoms with Gasteiger partial charge in [0.1, 0.15) is 0 Å². The Hall–Kier alpha value is -0.0400. The van der Waals surface area contributed by atoms with Crippen LogP contribution in [0.1, 0.15) is 85.0 Å². The molecule has 0 aromatic rings. The Morgan fingerprint density at radius 3 is 2.33 bits per heavy atom. The lowest BCUT2D eigenvalue weighted by molar-refractivity contribution is 0.117. The molecule has 108 valence electrons. The van der Waals surface area contributed by atoms with Gasteiger partial charge in [0.15, 0.2) is 0 Å². The molecule has 1 heteroatoms. The van der Waals surface area contributed by atoms with Crippen LogP contribution in [0.25, 0.3) is 0 Å². The van der Waals surface area contributed by atoms with E-state index in [4.69, 9.17) is 5.73 Å². The molecule has 0 heterocycles. The third-order valence-corrected chi connectivity index (χ3v) is 5.13. The second-order valence-corrected chi connectivity index (χ2v) is 6.89. The molecule has 1 saturated carbocycles. The molecular formula is C17H35N. The van der Waals surface area contributed by atoms with Crippen molar-refractivity contribution in [2.75, 3.05) is 6.54 Å². The molecule has 1 rings (SSSR count). The van der Waals surface area contributed by atoms with Crippen LogP contribution in [-0.2, 0) is 0 Å². The molecule has 1 unspecified atom stereocenters. The van der Waals surface area contributed by atoms with Crippen LogP contribution >= 0.6 is 0 Å². The van der Waals surface area contributed by atoms with Gasteiger partial charge in [0.2, 0.25) is 0 Å². The predicted octanol–water partition coefficient (Wildman–Crippen LogP) is 5.14. The van der Waals surface area contributed by atoms with E-state index in [-0.39, 0.29) is 0 Å². The van der Waals surface area contributed by atoms with Crippen LogP contribution in [0, 0.1) is 17.3 Å². The maximum absolute atomic E-state index is 6.13. The molecule has 0 radical (unpaired) electrons. The Labute approximate surface area is 115 Å². The van der Waals surface area contributed by atoms with Gasteiger partial charge < -0.3 is 5.73 Å². The zero-order valence-electron chi connectivity index (χ0n) is 13.0. The van der Waals surface area contributed by atoms with Crippen molar-refractivity contribution in [1.82, 2.24) is 0 Å². The van der Waals surface area contributed by atoms with Gasteiger partial charge in [-0.1, -0.05) is 52.9 Å². The Bertz CT molecular complexity index is 204. The lowest BCUT2D eigenvalue weighted by Gasteiger charge is -2.41. The van der Waals surface area contributed by atoms with Crippen LogP contribution in [0.5, 0.6) is 0 Å². The first kappa shape index (κ1) is 16.0. The van der Waals surface area contributed by atoms with Crippen LogP contribution in [0.3, 0.4) is 0 Å². The fraction of sp³-hybridized carbons (Fsp3) is 1.00. The molecular weight excluding hydrogens is 218 g/mol. The number of unbranched alkanes of at least 4 members (excludes halogenated alkanes) is 1. The largest absolute Gasteiger partial charge is 0.330 e. The number of hydrogen-bond donors (Lipinski definition) is 1. The average Bonchev–Trinajstić information content (AvgIpc) is 2.38. The third kappa shape index (κ3) is 4.91. The SMILES string of the molecule is CCCCC1CCC(CN)(CC(C)CCC)CC1. The van der Waals surface area contributed by atoms with Crippen LogP contribution < -0.4 is 5.73 Å². The third-order valence-electron chi connectivity index (χ3n) is 5.13. The van der Waals surface area contributed by atoms with E-state index in [1.165, 1.54) is 64.2 Å². The average molecular weight is 253 g/mol. The van der Waals surface area contributed by atoms with Gasteiger partial charge in [-0.2, -0.15) is 0 Å². The van der Waals surface area contributed by atoms with Crippen molar-refractivity contribution >= 4 is 0 Å². The number of hydrogen-bond acceptors (Lipinski definition) is 1. The van der Waals surface area contributed by atoms with Gasteiger partial charge in [-0.3, -0.25) is 0 Å². The Morgan fingerprint density at radius 1 is 1.17 bits per heavy atom. The van der Waals surface area contributed by atoms with Gasteiger partial charge in [0.05, 0.1) is 0 Å². The molecule has 1 nitrogen and oxygen atoms in total. The first-order chi connectivity index (χ1) is 8.65. The Balaban J connectivity index is 2.39. The predicted molar refractivity (Wildman–Crippen MR) is 81.7 cm³/mol. The van der Waals surface area contributed by atoms with Gasteiger partial charge in [-0.15, -0.1) is 0 Å². The molecule has 0 saturated heterocycles. The minimum Gasteiger partial charge on any atom is -0.330 e. The van der Waals surface area contributed by atoms with Crippen LogP contribution in [0.15, 0.2) is 0 Å². The molecule has 1 aliphatic rings. The molecule has 0 bridgehead atoms. The monoisotopic (exact) mass is 253 g/mol. The Morgan fingerprint density at radius 2 is 1.83 bits per heavy atom. The first-order valence-electron chi connectivity index (χ1n) is 8.36. The summed E-state index contributed by atoms with van der Waals surface area (Å²) in [5, 5.41) is 0. The molecule has 0 aromatic carbocycles. The first-order valence-corrected chi connectivity index (χ1v) is 8.36. The van der Waals surface area contributed by atoms with Crippen molar-refractivity contribution in [3.63, 3.8) is 0 Å². The zero-order chi connectivity index (χ0) is 13.4. The standard InChI is InChI=1S/C17H35N/c1-4-6-8-16-9-11-17(14-18,12-10-16)13-15(3)7-5-2/h15-16H,4-14,18H2,1-3H3. The number of rotatable bonds is 8. The molecule has 0 aliphatic heterocycles. The van der Waals surface area contributed by atoms with E-state index in [0.29, 0.717) is 5.41 Å². The smallest absolute Gasteiger partial charge is 0.00204 e. The molecule has 18 heavy (non-hydrogen) atoms.